The molecule has 0 spiro atoms. The lowest BCUT2D eigenvalue weighted by molar-refractivity contribution is -0.222. The first-order chi connectivity index (χ1) is 13.3. The standard InChI is InChI=1S/C20H24N2O6/c1-20(2)27-18(24)14(19(25)28-20)12-21-15-11-13(17(23)26-3)7-8-16(15)22-9-5-4-6-10-22/h7-8,11-12,21H,4-6,9-10H2,1-3H3. The minimum Gasteiger partial charge on any atom is -0.465 e. The predicted octanol–water partition coefficient (Wildman–Crippen LogP) is 2.60. The molecule has 1 N–H and O–H groups in total. The van der Waals surface area contributed by atoms with Crippen molar-refractivity contribution in [3.8, 4) is 0 Å². The number of nitrogens with one attached hydrogen (secondary N) is 1. The number of carbonyl (C=O) groups is 3. The van der Waals surface area contributed by atoms with Crippen LogP contribution in [0.25, 0.3) is 0 Å². The summed E-state index contributed by atoms with van der Waals surface area (Å²) in [5.41, 5.74) is 1.58. The quantitative estimate of drug-likeness (QED) is 0.478. The molecule has 1 aromatic rings. The van der Waals surface area contributed by atoms with Crippen LogP contribution in [-0.4, -0.2) is 43.9 Å². The maximum Gasteiger partial charge on any atom is 0.350 e. The molecule has 8 heteroatoms. The molecule has 2 aliphatic heterocycles. The molecule has 0 aromatic heterocycles. The zero-order valence-corrected chi connectivity index (χ0v) is 16.2. The molecule has 0 bridgehead atoms. The SMILES string of the molecule is COC(=O)c1ccc(N2CCCCC2)c(NC=C2C(=O)OC(C)(C)OC2=O)c1. The Morgan fingerprint density at radius 2 is 1.79 bits per heavy atom. The predicted molar refractivity (Wildman–Crippen MR) is 102 cm³/mol. The van der Waals surface area contributed by atoms with Crippen LogP contribution >= 0.6 is 0 Å². The molecule has 0 amide bonds. The summed E-state index contributed by atoms with van der Waals surface area (Å²) in [6, 6.07) is 5.16. The number of cyclic esters (lactones) is 2. The van der Waals surface area contributed by atoms with Gasteiger partial charge in [-0.25, -0.2) is 14.4 Å². The molecular weight excluding hydrogens is 364 g/mol. The highest BCUT2D eigenvalue weighted by Crippen LogP contribution is 2.31. The van der Waals surface area contributed by atoms with Crippen molar-refractivity contribution in [3.05, 3.63) is 35.5 Å². The van der Waals surface area contributed by atoms with Crippen molar-refractivity contribution in [2.75, 3.05) is 30.4 Å². The number of piperidine rings is 1. The molecule has 2 fully saturated rings. The normalized spacial score (nSPS) is 18.8. The average molecular weight is 388 g/mol. The van der Waals surface area contributed by atoms with Gasteiger partial charge in [-0.05, 0) is 37.5 Å². The molecule has 0 aliphatic carbocycles. The van der Waals surface area contributed by atoms with E-state index in [1.165, 1.54) is 33.6 Å². The Hall–Kier alpha value is -3.03. The lowest BCUT2D eigenvalue weighted by Gasteiger charge is -2.31. The number of methoxy groups -OCH3 is 1. The number of hydrogen-bond acceptors (Lipinski definition) is 8. The second-order valence-electron chi connectivity index (χ2n) is 7.15. The number of anilines is 2. The zero-order valence-electron chi connectivity index (χ0n) is 16.2. The number of benzene rings is 1. The molecule has 150 valence electrons. The van der Waals surface area contributed by atoms with E-state index in [0.717, 1.165) is 31.6 Å². The molecule has 1 aromatic carbocycles. The minimum absolute atomic E-state index is 0.243. The Bertz CT molecular complexity index is 802. The molecule has 0 unspecified atom stereocenters. The van der Waals surface area contributed by atoms with E-state index in [2.05, 4.69) is 10.2 Å². The highest BCUT2D eigenvalue weighted by atomic mass is 16.7. The van der Waals surface area contributed by atoms with Crippen molar-refractivity contribution < 1.29 is 28.6 Å². The summed E-state index contributed by atoms with van der Waals surface area (Å²) >= 11 is 0. The van der Waals surface area contributed by atoms with Gasteiger partial charge in [0.25, 0.3) is 5.79 Å². The van der Waals surface area contributed by atoms with Crippen molar-refractivity contribution in [2.45, 2.75) is 38.9 Å². The van der Waals surface area contributed by atoms with E-state index in [9.17, 15) is 14.4 Å². The Morgan fingerprint density at radius 1 is 1.14 bits per heavy atom. The fourth-order valence-electron chi connectivity index (χ4n) is 3.24. The summed E-state index contributed by atoms with van der Waals surface area (Å²) < 4.78 is 15.0. The molecule has 3 rings (SSSR count). The smallest absolute Gasteiger partial charge is 0.350 e. The third-order valence-corrected chi connectivity index (χ3v) is 4.60. The molecule has 2 aliphatic rings. The van der Waals surface area contributed by atoms with Gasteiger partial charge in [-0.2, -0.15) is 0 Å². The van der Waals surface area contributed by atoms with Gasteiger partial charge in [0.1, 0.15) is 0 Å². The monoisotopic (exact) mass is 388 g/mol. The van der Waals surface area contributed by atoms with Crippen molar-refractivity contribution in [2.24, 2.45) is 0 Å². The van der Waals surface area contributed by atoms with Gasteiger partial charge in [0.05, 0.1) is 24.0 Å². The largest absolute Gasteiger partial charge is 0.465 e. The van der Waals surface area contributed by atoms with E-state index in [1.54, 1.807) is 12.1 Å². The highest BCUT2D eigenvalue weighted by molar-refractivity contribution is 6.15. The Kier molecular flexibility index (Phi) is 5.58. The summed E-state index contributed by atoms with van der Waals surface area (Å²) in [5, 5.41) is 2.97. The van der Waals surface area contributed by atoms with Crippen LogP contribution < -0.4 is 10.2 Å². The van der Waals surface area contributed by atoms with Gasteiger partial charge in [-0.15, -0.1) is 0 Å². The van der Waals surface area contributed by atoms with Gasteiger partial charge < -0.3 is 24.4 Å². The number of carbonyl (C=O) groups excluding carboxylic acids is 3. The minimum atomic E-state index is -1.30. The molecule has 8 nitrogen and oxygen atoms in total. The average Bonchev–Trinajstić information content (AvgIpc) is 2.66. The topological polar surface area (TPSA) is 94.2 Å². The number of ether oxygens (including phenoxy) is 3. The van der Waals surface area contributed by atoms with E-state index in [-0.39, 0.29) is 5.57 Å². The van der Waals surface area contributed by atoms with Crippen LogP contribution in [0.5, 0.6) is 0 Å². The van der Waals surface area contributed by atoms with Crippen molar-refractivity contribution in [1.29, 1.82) is 0 Å². The number of esters is 3. The van der Waals surface area contributed by atoms with Gasteiger partial charge >= 0.3 is 17.9 Å². The number of hydrogen-bond donors (Lipinski definition) is 1. The first-order valence-electron chi connectivity index (χ1n) is 9.21. The Labute approximate surface area is 163 Å². The number of nitrogens with zero attached hydrogens (tertiary/aromatic N) is 1. The summed E-state index contributed by atoms with van der Waals surface area (Å²) in [6.07, 6.45) is 4.58. The molecule has 2 heterocycles. The van der Waals surface area contributed by atoms with Gasteiger partial charge in [0, 0.05) is 33.1 Å². The van der Waals surface area contributed by atoms with E-state index < -0.39 is 23.7 Å². The first-order valence-corrected chi connectivity index (χ1v) is 9.21. The Balaban J connectivity index is 1.91. The zero-order chi connectivity index (χ0) is 20.3. The van der Waals surface area contributed by atoms with Gasteiger partial charge in [0.15, 0.2) is 5.57 Å². The fourth-order valence-corrected chi connectivity index (χ4v) is 3.24. The molecule has 0 radical (unpaired) electrons. The lowest BCUT2D eigenvalue weighted by atomic mass is 10.1. The molecular formula is C20H24N2O6. The summed E-state index contributed by atoms with van der Waals surface area (Å²) in [5.74, 6) is -3.30. The lowest BCUT2D eigenvalue weighted by Crippen LogP contribution is -2.42. The maximum absolute atomic E-state index is 12.1. The highest BCUT2D eigenvalue weighted by Gasteiger charge is 2.39. The first kappa shape index (κ1) is 19.7. The molecule has 0 saturated carbocycles. The Morgan fingerprint density at radius 3 is 2.39 bits per heavy atom. The molecule has 0 atom stereocenters. The second kappa shape index (κ2) is 7.92. The van der Waals surface area contributed by atoms with E-state index >= 15 is 0 Å². The van der Waals surface area contributed by atoms with E-state index in [4.69, 9.17) is 14.2 Å². The van der Waals surface area contributed by atoms with E-state index in [1.807, 2.05) is 6.07 Å². The van der Waals surface area contributed by atoms with Crippen LogP contribution in [0.4, 0.5) is 11.4 Å². The second-order valence-corrected chi connectivity index (χ2v) is 7.15. The van der Waals surface area contributed by atoms with Crippen LogP contribution in [0.3, 0.4) is 0 Å². The molecule has 2 saturated heterocycles. The number of rotatable bonds is 4. The third-order valence-electron chi connectivity index (χ3n) is 4.60. The van der Waals surface area contributed by atoms with Crippen LogP contribution in [0, 0.1) is 0 Å². The van der Waals surface area contributed by atoms with Gasteiger partial charge in [-0.3, -0.25) is 0 Å². The van der Waals surface area contributed by atoms with Crippen molar-refractivity contribution in [3.63, 3.8) is 0 Å². The summed E-state index contributed by atoms with van der Waals surface area (Å²) in [7, 11) is 1.31. The van der Waals surface area contributed by atoms with Crippen molar-refractivity contribution in [1.82, 2.24) is 0 Å². The van der Waals surface area contributed by atoms with Crippen LogP contribution in [0.2, 0.25) is 0 Å². The maximum atomic E-state index is 12.1. The van der Waals surface area contributed by atoms with Crippen LogP contribution in [-0.2, 0) is 23.8 Å². The van der Waals surface area contributed by atoms with Gasteiger partial charge in [-0.1, -0.05) is 0 Å². The van der Waals surface area contributed by atoms with Crippen LogP contribution in [0.1, 0.15) is 43.5 Å². The van der Waals surface area contributed by atoms with E-state index in [0.29, 0.717) is 11.3 Å². The van der Waals surface area contributed by atoms with Crippen molar-refractivity contribution >= 4 is 29.3 Å². The summed E-state index contributed by atoms with van der Waals surface area (Å²) in [6.45, 7) is 4.75. The fraction of sp³-hybridized carbons (Fsp3) is 0.450. The molecule has 28 heavy (non-hydrogen) atoms. The van der Waals surface area contributed by atoms with Gasteiger partial charge in [0.2, 0.25) is 0 Å². The van der Waals surface area contributed by atoms with Crippen LogP contribution in [0.15, 0.2) is 30.0 Å². The third kappa shape index (κ3) is 4.27. The summed E-state index contributed by atoms with van der Waals surface area (Å²) in [4.78, 5) is 38.4.